The summed E-state index contributed by atoms with van der Waals surface area (Å²) in [5.74, 6) is -0.617. The molecule has 2 heterocycles. The summed E-state index contributed by atoms with van der Waals surface area (Å²) in [4.78, 5) is 10.7. The van der Waals surface area contributed by atoms with Crippen LogP contribution in [0, 0.1) is 5.82 Å². The van der Waals surface area contributed by atoms with E-state index in [-0.39, 0.29) is 12.2 Å². The van der Waals surface area contributed by atoms with Gasteiger partial charge in [0.15, 0.2) is 0 Å². The zero-order chi connectivity index (χ0) is 16.2. The molecule has 118 valence electrons. The second kappa shape index (κ2) is 6.52. The molecule has 23 heavy (non-hydrogen) atoms. The molecule has 0 atom stereocenters. The van der Waals surface area contributed by atoms with Crippen molar-refractivity contribution < 1.29 is 18.7 Å². The summed E-state index contributed by atoms with van der Waals surface area (Å²) in [7, 11) is 0. The molecule has 4 nitrogen and oxygen atoms in total. The minimum Gasteiger partial charge on any atom is -0.550 e. The zero-order valence-corrected chi connectivity index (χ0v) is 12.4. The van der Waals surface area contributed by atoms with Crippen LogP contribution in [0.4, 0.5) is 4.39 Å². The van der Waals surface area contributed by atoms with E-state index in [2.05, 4.69) is 0 Å². The van der Waals surface area contributed by atoms with Gasteiger partial charge in [-0.25, -0.2) is 4.39 Å². The van der Waals surface area contributed by atoms with E-state index in [1.165, 1.54) is 12.1 Å². The molecule has 0 aliphatic rings. The molecule has 0 amide bonds. The molecule has 0 unspecified atom stereocenters. The van der Waals surface area contributed by atoms with Crippen molar-refractivity contribution in [2.45, 2.75) is 19.4 Å². The molecule has 0 aliphatic carbocycles. The van der Waals surface area contributed by atoms with Crippen molar-refractivity contribution >= 4 is 5.97 Å². The predicted octanol–water partition coefficient (Wildman–Crippen LogP) is 2.62. The van der Waals surface area contributed by atoms with Gasteiger partial charge >= 0.3 is 0 Å². The normalized spacial score (nSPS) is 10.8. The number of furan rings is 1. The summed E-state index contributed by atoms with van der Waals surface area (Å²) in [5.41, 5.74) is 2.61. The number of aromatic nitrogens is 1. The number of hydrogen-bond acceptors (Lipinski definition) is 3. The molecule has 0 radical (unpaired) electrons. The average molecular weight is 312 g/mol. The van der Waals surface area contributed by atoms with Crippen LogP contribution in [0.5, 0.6) is 0 Å². The lowest BCUT2D eigenvalue weighted by molar-refractivity contribution is -0.305. The third kappa shape index (κ3) is 3.51. The monoisotopic (exact) mass is 312 g/mol. The highest BCUT2D eigenvalue weighted by atomic mass is 19.1. The number of halogens is 1. The van der Waals surface area contributed by atoms with E-state index in [4.69, 9.17) is 4.42 Å². The summed E-state index contributed by atoms with van der Waals surface area (Å²) < 4.78 is 20.5. The molecule has 0 saturated heterocycles. The fourth-order valence-electron chi connectivity index (χ4n) is 2.58. The van der Waals surface area contributed by atoms with Gasteiger partial charge in [-0.05, 0) is 66.9 Å². The van der Waals surface area contributed by atoms with Crippen molar-refractivity contribution in [3.05, 3.63) is 72.1 Å². The van der Waals surface area contributed by atoms with E-state index in [1.807, 2.05) is 22.8 Å². The molecule has 5 heteroatoms. The van der Waals surface area contributed by atoms with Crippen LogP contribution in [0.1, 0.15) is 17.9 Å². The molecule has 0 bridgehead atoms. The number of carbonyl (C=O) groups excluding carboxylic acids is 1. The van der Waals surface area contributed by atoms with Gasteiger partial charge in [0.05, 0.1) is 12.8 Å². The third-order valence-corrected chi connectivity index (χ3v) is 3.69. The highest BCUT2D eigenvalue weighted by Crippen LogP contribution is 2.25. The molecule has 3 rings (SSSR count). The topological polar surface area (TPSA) is 58.2 Å². The van der Waals surface area contributed by atoms with Crippen molar-refractivity contribution in [3.63, 3.8) is 0 Å². The quantitative estimate of drug-likeness (QED) is 0.703. The molecule has 1 aromatic carbocycles. The van der Waals surface area contributed by atoms with Gasteiger partial charge in [-0.3, -0.25) is 0 Å². The summed E-state index contributed by atoms with van der Waals surface area (Å²) in [6, 6.07) is 13.7. The van der Waals surface area contributed by atoms with Crippen molar-refractivity contribution in [1.82, 2.24) is 4.57 Å². The Bertz CT molecular complexity index is 788. The SMILES string of the molecule is O=C([O-])CCc1ccc(-c2ccc(F)cc2)n1Cc1ccco1. The number of aliphatic carboxylic acids is 1. The number of carboxylic acid groups (broad SMARTS) is 1. The van der Waals surface area contributed by atoms with Crippen molar-refractivity contribution in [2.24, 2.45) is 0 Å². The van der Waals surface area contributed by atoms with Crippen LogP contribution in [0.15, 0.2) is 59.2 Å². The second-order valence-electron chi connectivity index (χ2n) is 5.25. The number of rotatable bonds is 6. The van der Waals surface area contributed by atoms with Gasteiger partial charge in [0.2, 0.25) is 0 Å². The highest BCUT2D eigenvalue weighted by Gasteiger charge is 2.12. The van der Waals surface area contributed by atoms with Gasteiger partial charge in [0, 0.05) is 17.4 Å². The molecule has 3 aromatic rings. The van der Waals surface area contributed by atoms with E-state index >= 15 is 0 Å². The lowest BCUT2D eigenvalue weighted by atomic mass is 10.1. The highest BCUT2D eigenvalue weighted by molar-refractivity contribution is 5.65. The Kier molecular flexibility index (Phi) is 4.28. The summed E-state index contributed by atoms with van der Waals surface area (Å²) in [6.45, 7) is 0.481. The maximum absolute atomic E-state index is 13.1. The van der Waals surface area contributed by atoms with Gasteiger partial charge in [-0.15, -0.1) is 0 Å². The standard InChI is InChI=1S/C18H16FNO3/c19-14-5-3-13(4-6-14)17-9-7-15(8-10-18(21)22)20(17)12-16-2-1-11-23-16/h1-7,9,11H,8,10,12H2,(H,21,22)/p-1. The molecule has 2 aromatic heterocycles. The average Bonchev–Trinajstić information content (AvgIpc) is 3.17. The molecule has 0 spiro atoms. The summed E-state index contributed by atoms with van der Waals surface area (Å²) in [5, 5.41) is 10.7. The van der Waals surface area contributed by atoms with Crippen LogP contribution in [-0.2, 0) is 17.8 Å². The number of carboxylic acids is 1. The van der Waals surface area contributed by atoms with Gasteiger partial charge < -0.3 is 18.9 Å². The lowest BCUT2D eigenvalue weighted by Gasteiger charge is -2.13. The van der Waals surface area contributed by atoms with Gasteiger partial charge in [-0.1, -0.05) is 0 Å². The van der Waals surface area contributed by atoms with Crippen LogP contribution in [0.3, 0.4) is 0 Å². The largest absolute Gasteiger partial charge is 0.550 e. The minimum atomic E-state index is -1.08. The fraction of sp³-hybridized carbons (Fsp3) is 0.167. The van der Waals surface area contributed by atoms with Crippen LogP contribution < -0.4 is 5.11 Å². The first-order chi connectivity index (χ1) is 11.1. The molecule has 0 fully saturated rings. The zero-order valence-electron chi connectivity index (χ0n) is 12.4. The smallest absolute Gasteiger partial charge is 0.123 e. The third-order valence-electron chi connectivity index (χ3n) is 3.69. The minimum absolute atomic E-state index is 0.0506. The summed E-state index contributed by atoms with van der Waals surface area (Å²) in [6.07, 6.45) is 1.91. The number of nitrogens with zero attached hydrogens (tertiary/aromatic N) is 1. The van der Waals surface area contributed by atoms with E-state index in [9.17, 15) is 14.3 Å². The van der Waals surface area contributed by atoms with Crippen molar-refractivity contribution in [3.8, 4) is 11.3 Å². The number of carbonyl (C=O) groups is 1. The maximum Gasteiger partial charge on any atom is 0.123 e. The Hall–Kier alpha value is -2.82. The molecule has 0 N–H and O–H groups in total. The van der Waals surface area contributed by atoms with Crippen LogP contribution in [0.25, 0.3) is 11.3 Å². The molecule has 0 saturated carbocycles. The van der Waals surface area contributed by atoms with E-state index in [0.717, 1.165) is 22.7 Å². The second-order valence-corrected chi connectivity index (χ2v) is 5.25. The van der Waals surface area contributed by atoms with E-state index in [0.29, 0.717) is 13.0 Å². The van der Waals surface area contributed by atoms with E-state index in [1.54, 1.807) is 24.5 Å². The Balaban J connectivity index is 1.97. The number of benzene rings is 1. The first kappa shape index (κ1) is 15.1. The Morgan fingerprint density at radius 2 is 1.91 bits per heavy atom. The molecular formula is C18H15FNO3-. The summed E-state index contributed by atoms with van der Waals surface area (Å²) >= 11 is 0. The fourth-order valence-corrected chi connectivity index (χ4v) is 2.58. The van der Waals surface area contributed by atoms with Crippen LogP contribution in [0.2, 0.25) is 0 Å². The molecular weight excluding hydrogens is 297 g/mol. The van der Waals surface area contributed by atoms with Gasteiger partial charge in [-0.2, -0.15) is 0 Å². The lowest BCUT2D eigenvalue weighted by Crippen LogP contribution is -2.23. The Morgan fingerprint density at radius 3 is 2.57 bits per heavy atom. The predicted molar refractivity (Wildman–Crippen MR) is 81.0 cm³/mol. The van der Waals surface area contributed by atoms with E-state index < -0.39 is 5.97 Å². The maximum atomic E-state index is 13.1. The number of aryl methyl sites for hydroxylation is 1. The first-order valence-corrected chi connectivity index (χ1v) is 7.30. The van der Waals surface area contributed by atoms with Crippen LogP contribution in [-0.4, -0.2) is 10.5 Å². The van der Waals surface area contributed by atoms with Crippen LogP contribution >= 0.6 is 0 Å². The van der Waals surface area contributed by atoms with Crippen molar-refractivity contribution in [1.29, 1.82) is 0 Å². The van der Waals surface area contributed by atoms with Gasteiger partial charge in [0.1, 0.15) is 11.6 Å². The Morgan fingerprint density at radius 1 is 1.13 bits per heavy atom. The first-order valence-electron chi connectivity index (χ1n) is 7.30. The molecule has 0 aliphatic heterocycles. The number of hydrogen-bond donors (Lipinski definition) is 0. The van der Waals surface area contributed by atoms with Crippen molar-refractivity contribution in [2.75, 3.05) is 0 Å². The van der Waals surface area contributed by atoms with Gasteiger partial charge in [0.25, 0.3) is 0 Å². The Labute approximate surface area is 132 Å².